The summed E-state index contributed by atoms with van der Waals surface area (Å²) >= 11 is 9.52. The Morgan fingerprint density at radius 2 is 2.15 bits per heavy atom. The molecule has 1 N–H and O–H groups in total. The molecule has 4 rings (SSSR count). The molecule has 0 bridgehead atoms. The molecule has 7 nitrogen and oxygen atoms in total. The van der Waals surface area contributed by atoms with E-state index in [1.807, 2.05) is 24.3 Å². The van der Waals surface area contributed by atoms with Gasteiger partial charge in [-0.2, -0.15) is 5.10 Å². The number of pyridine rings is 1. The van der Waals surface area contributed by atoms with Gasteiger partial charge in [0.2, 0.25) is 0 Å². The molecule has 4 aromatic rings. The Balaban J connectivity index is 1.52. The van der Waals surface area contributed by atoms with Crippen molar-refractivity contribution >= 4 is 44.7 Å². The van der Waals surface area contributed by atoms with Crippen molar-refractivity contribution in [3.8, 4) is 5.69 Å². The van der Waals surface area contributed by atoms with Gasteiger partial charge in [-0.1, -0.05) is 23.7 Å². The highest BCUT2D eigenvalue weighted by molar-refractivity contribution is 9.10. The summed E-state index contributed by atoms with van der Waals surface area (Å²) < 4.78 is 7.85. The van der Waals surface area contributed by atoms with Crippen LogP contribution in [0.4, 0.5) is 0 Å². The number of para-hydroxylation sites is 1. The Bertz CT molecular complexity index is 1140. The van der Waals surface area contributed by atoms with E-state index >= 15 is 0 Å². The number of benzene rings is 1. The van der Waals surface area contributed by atoms with E-state index in [9.17, 15) is 4.79 Å². The summed E-state index contributed by atoms with van der Waals surface area (Å²) in [7, 11) is 0. The minimum Gasteiger partial charge on any atom is -0.450 e. The van der Waals surface area contributed by atoms with Crippen molar-refractivity contribution in [3.63, 3.8) is 0 Å². The maximum Gasteiger partial charge on any atom is 0.359 e. The molecule has 0 aliphatic heterocycles. The molecule has 1 unspecified atom stereocenters. The molecule has 1 atom stereocenters. The fraction of sp³-hybridized carbons (Fsp3) is 0.111. The largest absolute Gasteiger partial charge is 0.450 e. The maximum atomic E-state index is 12.4. The molecule has 0 aliphatic carbocycles. The van der Waals surface area contributed by atoms with Crippen molar-refractivity contribution in [1.29, 1.82) is 0 Å². The van der Waals surface area contributed by atoms with Crippen molar-refractivity contribution in [2.24, 2.45) is 0 Å². The fourth-order valence-corrected chi connectivity index (χ4v) is 3.12. The van der Waals surface area contributed by atoms with Gasteiger partial charge in [0.15, 0.2) is 17.4 Å². The van der Waals surface area contributed by atoms with Crippen molar-refractivity contribution in [1.82, 2.24) is 24.7 Å². The van der Waals surface area contributed by atoms with Crippen LogP contribution in [0.15, 0.2) is 53.3 Å². The summed E-state index contributed by atoms with van der Waals surface area (Å²) in [6, 6.07) is 10.7. The zero-order chi connectivity index (χ0) is 19.0. The van der Waals surface area contributed by atoms with E-state index in [1.54, 1.807) is 31.5 Å². The van der Waals surface area contributed by atoms with Gasteiger partial charge >= 0.3 is 5.97 Å². The molecule has 0 amide bonds. The third kappa shape index (κ3) is 3.58. The molecule has 3 heterocycles. The molecule has 0 aliphatic rings. The van der Waals surface area contributed by atoms with Gasteiger partial charge in [0.05, 0.1) is 16.2 Å². The predicted molar refractivity (Wildman–Crippen MR) is 104 cm³/mol. The number of H-pyrrole nitrogens is 1. The Kier molecular flexibility index (Phi) is 4.67. The normalized spacial score (nSPS) is 12.3. The number of carbonyl (C=O) groups is 1. The van der Waals surface area contributed by atoms with E-state index < -0.39 is 12.1 Å². The lowest BCUT2D eigenvalue weighted by Gasteiger charge is -2.09. The van der Waals surface area contributed by atoms with E-state index in [2.05, 4.69) is 36.0 Å². The summed E-state index contributed by atoms with van der Waals surface area (Å²) in [4.78, 5) is 24.1. The van der Waals surface area contributed by atoms with Crippen LogP contribution in [-0.4, -0.2) is 30.7 Å². The number of aromatic nitrogens is 5. The van der Waals surface area contributed by atoms with Gasteiger partial charge < -0.3 is 9.72 Å². The van der Waals surface area contributed by atoms with E-state index in [1.165, 1.54) is 4.68 Å². The molecule has 1 aromatic carbocycles. The van der Waals surface area contributed by atoms with Gasteiger partial charge in [0, 0.05) is 16.9 Å². The first-order valence-electron chi connectivity index (χ1n) is 8.04. The number of fused-ring (bicyclic) bond motifs is 1. The summed E-state index contributed by atoms with van der Waals surface area (Å²) in [6.45, 7) is 1.73. The lowest BCUT2D eigenvalue weighted by molar-refractivity contribution is 0.0314. The molecular formula is C18H13BrClN5O2. The molecule has 0 saturated heterocycles. The molecule has 27 heavy (non-hydrogen) atoms. The highest BCUT2D eigenvalue weighted by Crippen LogP contribution is 2.22. The highest BCUT2D eigenvalue weighted by Gasteiger charge is 2.19. The van der Waals surface area contributed by atoms with Crippen LogP contribution in [-0.2, 0) is 4.74 Å². The van der Waals surface area contributed by atoms with E-state index in [4.69, 9.17) is 16.3 Å². The number of aromatic amines is 1. The molecule has 9 heteroatoms. The minimum atomic E-state index is -0.587. The second-order valence-electron chi connectivity index (χ2n) is 5.79. The lowest BCUT2D eigenvalue weighted by Crippen LogP contribution is -2.11. The predicted octanol–water partition coefficient (Wildman–Crippen LogP) is 4.48. The standard InChI is InChI=1S/C18H13BrClN5O2/c1-10(16-22-14-8-11(19)9-21-17(14)23-16)27-18(26)13-6-7-25(24-13)15-5-3-2-4-12(15)20/h2-10H,1H3,(H,21,22,23). The first kappa shape index (κ1) is 17.7. The number of carbonyl (C=O) groups excluding carboxylic acids is 1. The van der Waals surface area contributed by atoms with Crippen LogP contribution in [0.2, 0.25) is 5.02 Å². The first-order chi connectivity index (χ1) is 13.0. The van der Waals surface area contributed by atoms with Crippen LogP contribution in [0.1, 0.15) is 29.3 Å². The molecule has 136 valence electrons. The Hall–Kier alpha value is -2.71. The van der Waals surface area contributed by atoms with Gasteiger partial charge in [0.1, 0.15) is 5.82 Å². The number of nitrogens with one attached hydrogen (secondary N) is 1. The topological polar surface area (TPSA) is 85.7 Å². The van der Waals surface area contributed by atoms with Gasteiger partial charge in [-0.25, -0.2) is 19.4 Å². The minimum absolute atomic E-state index is 0.179. The number of esters is 1. The van der Waals surface area contributed by atoms with Gasteiger partial charge in [-0.3, -0.25) is 0 Å². The quantitative estimate of drug-likeness (QED) is 0.467. The molecule has 0 radical (unpaired) electrons. The van der Waals surface area contributed by atoms with E-state index in [-0.39, 0.29) is 5.69 Å². The number of rotatable bonds is 4. The number of nitrogens with zero attached hydrogens (tertiary/aromatic N) is 4. The SMILES string of the molecule is CC(OC(=O)c1ccn(-c2ccccc2Cl)n1)c1nc2ncc(Br)cc2[nH]1. The van der Waals surface area contributed by atoms with Crippen molar-refractivity contribution < 1.29 is 9.53 Å². The van der Waals surface area contributed by atoms with E-state index in [0.717, 1.165) is 9.99 Å². The number of ether oxygens (including phenoxy) is 1. The van der Waals surface area contributed by atoms with Crippen LogP contribution in [0.5, 0.6) is 0 Å². The number of halogens is 2. The third-order valence-electron chi connectivity index (χ3n) is 3.89. The molecule has 0 saturated carbocycles. The second kappa shape index (κ2) is 7.13. The van der Waals surface area contributed by atoms with Crippen LogP contribution in [0, 0.1) is 0 Å². The molecule has 0 fully saturated rings. The summed E-state index contributed by atoms with van der Waals surface area (Å²) in [5.41, 5.74) is 2.17. The average Bonchev–Trinajstić information content (AvgIpc) is 3.28. The van der Waals surface area contributed by atoms with Crippen molar-refractivity contribution in [2.45, 2.75) is 13.0 Å². The highest BCUT2D eigenvalue weighted by atomic mass is 79.9. The fourth-order valence-electron chi connectivity index (χ4n) is 2.57. The third-order valence-corrected chi connectivity index (χ3v) is 4.64. The van der Waals surface area contributed by atoms with Crippen LogP contribution in [0.3, 0.4) is 0 Å². The Morgan fingerprint density at radius 1 is 1.33 bits per heavy atom. The second-order valence-corrected chi connectivity index (χ2v) is 7.11. The van der Waals surface area contributed by atoms with Crippen LogP contribution >= 0.6 is 27.5 Å². The lowest BCUT2D eigenvalue weighted by atomic mass is 10.3. The maximum absolute atomic E-state index is 12.4. The smallest absolute Gasteiger partial charge is 0.359 e. The van der Waals surface area contributed by atoms with Crippen LogP contribution in [0.25, 0.3) is 16.9 Å². The number of imidazole rings is 1. The van der Waals surface area contributed by atoms with Gasteiger partial charge in [-0.05, 0) is 47.1 Å². The average molecular weight is 447 g/mol. The number of hydrogen-bond acceptors (Lipinski definition) is 5. The first-order valence-corrected chi connectivity index (χ1v) is 9.21. The number of hydrogen-bond donors (Lipinski definition) is 1. The zero-order valence-electron chi connectivity index (χ0n) is 14.1. The summed E-state index contributed by atoms with van der Waals surface area (Å²) in [6.07, 6.45) is 2.73. The molecular weight excluding hydrogens is 434 g/mol. The monoisotopic (exact) mass is 445 g/mol. The molecule has 3 aromatic heterocycles. The summed E-state index contributed by atoms with van der Waals surface area (Å²) in [5, 5.41) is 4.79. The Morgan fingerprint density at radius 3 is 2.96 bits per heavy atom. The van der Waals surface area contributed by atoms with E-state index in [0.29, 0.717) is 22.2 Å². The zero-order valence-corrected chi connectivity index (χ0v) is 16.4. The summed E-state index contributed by atoms with van der Waals surface area (Å²) in [5.74, 6) is -0.0441. The molecule has 0 spiro atoms. The van der Waals surface area contributed by atoms with Gasteiger partial charge in [0.25, 0.3) is 0 Å². The van der Waals surface area contributed by atoms with Gasteiger partial charge in [-0.15, -0.1) is 0 Å². The Labute approximate surface area is 167 Å². The van der Waals surface area contributed by atoms with Crippen LogP contribution < -0.4 is 0 Å². The van der Waals surface area contributed by atoms with Crippen molar-refractivity contribution in [2.75, 3.05) is 0 Å². The van der Waals surface area contributed by atoms with Crippen molar-refractivity contribution in [3.05, 3.63) is 69.8 Å².